The Bertz CT molecular complexity index is 865. The van der Waals surface area contributed by atoms with Gasteiger partial charge in [0.15, 0.2) is 5.82 Å². The molecule has 2 fully saturated rings. The summed E-state index contributed by atoms with van der Waals surface area (Å²) in [4.78, 5) is 19.2. The third-order valence-corrected chi connectivity index (χ3v) is 6.10. The van der Waals surface area contributed by atoms with Gasteiger partial charge in [0.1, 0.15) is 0 Å². The smallest absolute Gasteiger partial charge is 0.253 e. The Balaban J connectivity index is 1.21. The van der Waals surface area contributed by atoms with Crippen molar-refractivity contribution in [2.45, 2.75) is 57.4 Å². The molecule has 3 aliphatic rings. The largest absolute Gasteiger partial charge is 0.355 e. The number of hydrogen-bond donors (Lipinski definition) is 0. The van der Waals surface area contributed by atoms with E-state index in [0.717, 1.165) is 56.8 Å². The minimum atomic E-state index is 0.105. The molecule has 2 aliphatic carbocycles. The minimum absolute atomic E-state index is 0.105. The van der Waals surface area contributed by atoms with Crippen LogP contribution in [-0.4, -0.2) is 32.8 Å². The zero-order valence-corrected chi connectivity index (χ0v) is 15.1. The van der Waals surface area contributed by atoms with Crippen LogP contribution in [0.4, 0.5) is 5.82 Å². The highest BCUT2D eigenvalue weighted by Crippen LogP contribution is 2.38. The molecule has 0 N–H and O–H groups in total. The van der Waals surface area contributed by atoms with Crippen molar-refractivity contribution in [3.05, 3.63) is 45.8 Å². The molecular formula is C20H25N5O. The van der Waals surface area contributed by atoms with Gasteiger partial charge >= 0.3 is 0 Å². The molecule has 3 heterocycles. The second-order valence-corrected chi connectivity index (χ2v) is 8.04. The van der Waals surface area contributed by atoms with Gasteiger partial charge in [-0.15, -0.1) is 5.10 Å². The van der Waals surface area contributed by atoms with Crippen LogP contribution in [0.25, 0.3) is 0 Å². The van der Waals surface area contributed by atoms with Crippen molar-refractivity contribution in [1.82, 2.24) is 19.7 Å². The van der Waals surface area contributed by atoms with Crippen LogP contribution < -0.4 is 10.5 Å². The van der Waals surface area contributed by atoms with Crippen LogP contribution in [0.2, 0.25) is 0 Å². The quantitative estimate of drug-likeness (QED) is 0.846. The molecule has 0 atom stereocenters. The lowest BCUT2D eigenvalue weighted by atomic mass is 9.96. The van der Waals surface area contributed by atoms with E-state index in [1.807, 2.05) is 0 Å². The molecule has 1 saturated carbocycles. The Kier molecular flexibility index (Phi) is 3.98. The fourth-order valence-electron chi connectivity index (χ4n) is 4.27. The summed E-state index contributed by atoms with van der Waals surface area (Å²) in [5.41, 5.74) is 3.65. The van der Waals surface area contributed by atoms with E-state index in [4.69, 9.17) is 0 Å². The second kappa shape index (κ2) is 6.49. The molecule has 6 heteroatoms. The summed E-state index contributed by atoms with van der Waals surface area (Å²) < 4.78 is 1.79. The van der Waals surface area contributed by atoms with Crippen LogP contribution in [0.5, 0.6) is 0 Å². The van der Waals surface area contributed by atoms with Gasteiger partial charge < -0.3 is 4.90 Å². The van der Waals surface area contributed by atoms with Crippen LogP contribution in [-0.2, 0) is 19.4 Å². The molecule has 0 unspecified atom stereocenters. The van der Waals surface area contributed by atoms with E-state index in [0.29, 0.717) is 11.8 Å². The van der Waals surface area contributed by atoms with Crippen molar-refractivity contribution in [2.24, 2.45) is 5.92 Å². The maximum atomic E-state index is 12.3. The van der Waals surface area contributed by atoms with E-state index in [9.17, 15) is 4.79 Å². The third-order valence-electron chi connectivity index (χ3n) is 6.10. The highest BCUT2D eigenvalue weighted by Gasteiger charge is 2.26. The molecule has 2 aromatic rings. The third kappa shape index (κ3) is 3.13. The highest BCUT2D eigenvalue weighted by atomic mass is 16.1. The maximum absolute atomic E-state index is 12.3. The van der Waals surface area contributed by atoms with Gasteiger partial charge in [-0.2, -0.15) is 5.10 Å². The summed E-state index contributed by atoms with van der Waals surface area (Å²) in [6.45, 7) is 2.75. The standard InChI is InChI=1S/C20H25N5O/c26-20-11-18(15-4-5-15)21-13-25(20)12-14-6-8-24(9-7-14)19-10-16-2-1-3-17(16)22-23-19/h10-11,13-15H,1-9,12H2. The van der Waals surface area contributed by atoms with E-state index in [2.05, 4.69) is 26.1 Å². The van der Waals surface area contributed by atoms with Gasteiger partial charge in [-0.1, -0.05) is 0 Å². The van der Waals surface area contributed by atoms with Crippen molar-refractivity contribution in [3.63, 3.8) is 0 Å². The Morgan fingerprint density at radius 2 is 1.88 bits per heavy atom. The van der Waals surface area contributed by atoms with Crippen molar-refractivity contribution in [1.29, 1.82) is 0 Å². The zero-order valence-electron chi connectivity index (χ0n) is 15.1. The summed E-state index contributed by atoms with van der Waals surface area (Å²) in [5.74, 6) is 2.09. The Morgan fingerprint density at radius 1 is 1.04 bits per heavy atom. The van der Waals surface area contributed by atoms with Gasteiger partial charge in [0.25, 0.3) is 5.56 Å². The first kappa shape index (κ1) is 16.0. The van der Waals surface area contributed by atoms with Crippen molar-refractivity contribution in [2.75, 3.05) is 18.0 Å². The summed E-state index contributed by atoms with van der Waals surface area (Å²) in [6.07, 6.45) is 9.70. The number of piperidine rings is 1. The molecule has 26 heavy (non-hydrogen) atoms. The molecule has 0 spiro atoms. The Labute approximate surface area is 153 Å². The molecule has 1 aliphatic heterocycles. The lowest BCUT2D eigenvalue weighted by Crippen LogP contribution is -2.37. The first-order valence-electron chi connectivity index (χ1n) is 9.93. The average molecular weight is 351 g/mol. The van der Waals surface area contributed by atoms with Crippen molar-refractivity contribution >= 4 is 5.82 Å². The molecule has 0 bridgehead atoms. The molecule has 136 valence electrons. The van der Waals surface area contributed by atoms with Gasteiger partial charge in [-0.05, 0) is 62.5 Å². The first-order chi connectivity index (χ1) is 12.8. The van der Waals surface area contributed by atoms with E-state index in [1.54, 1.807) is 17.0 Å². The zero-order chi connectivity index (χ0) is 17.5. The predicted octanol–water partition coefficient (Wildman–Crippen LogP) is 2.32. The number of nitrogens with zero attached hydrogens (tertiary/aromatic N) is 5. The molecule has 1 saturated heterocycles. The predicted molar refractivity (Wildman–Crippen MR) is 99.5 cm³/mol. The normalized spacial score (nSPS) is 20.4. The average Bonchev–Trinajstić information content (AvgIpc) is 3.41. The van der Waals surface area contributed by atoms with Crippen LogP contribution in [0, 0.1) is 5.92 Å². The Hall–Kier alpha value is -2.24. The van der Waals surface area contributed by atoms with E-state index < -0.39 is 0 Å². The highest BCUT2D eigenvalue weighted by molar-refractivity contribution is 5.43. The number of anilines is 1. The fraction of sp³-hybridized carbons (Fsp3) is 0.600. The van der Waals surface area contributed by atoms with Gasteiger partial charge in [-0.25, -0.2) is 4.98 Å². The van der Waals surface area contributed by atoms with Gasteiger partial charge in [-0.3, -0.25) is 9.36 Å². The lowest BCUT2D eigenvalue weighted by Gasteiger charge is -2.32. The molecule has 2 aromatic heterocycles. The summed E-state index contributed by atoms with van der Waals surface area (Å²) in [5, 5.41) is 8.85. The van der Waals surface area contributed by atoms with E-state index in [-0.39, 0.29) is 5.56 Å². The van der Waals surface area contributed by atoms with Gasteiger partial charge in [0, 0.05) is 31.6 Å². The summed E-state index contributed by atoms with van der Waals surface area (Å²) in [7, 11) is 0. The van der Waals surface area contributed by atoms with Crippen LogP contribution in [0.1, 0.15) is 55.0 Å². The minimum Gasteiger partial charge on any atom is -0.355 e. The number of hydrogen-bond acceptors (Lipinski definition) is 5. The second-order valence-electron chi connectivity index (χ2n) is 8.04. The molecule has 6 nitrogen and oxygen atoms in total. The van der Waals surface area contributed by atoms with E-state index in [1.165, 1.54) is 30.5 Å². The fourth-order valence-corrected chi connectivity index (χ4v) is 4.27. The first-order valence-corrected chi connectivity index (χ1v) is 9.93. The van der Waals surface area contributed by atoms with Gasteiger partial charge in [0.05, 0.1) is 17.7 Å². The number of aromatic nitrogens is 4. The summed E-state index contributed by atoms with van der Waals surface area (Å²) >= 11 is 0. The van der Waals surface area contributed by atoms with Crippen molar-refractivity contribution in [3.8, 4) is 0 Å². The lowest BCUT2D eigenvalue weighted by molar-refractivity contribution is 0.349. The van der Waals surface area contributed by atoms with Crippen LogP contribution in [0.3, 0.4) is 0 Å². The molecule has 5 rings (SSSR count). The monoisotopic (exact) mass is 351 g/mol. The number of fused-ring (bicyclic) bond motifs is 1. The maximum Gasteiger partial charge on any atom is 0.253 e. The van der Waals surface area contributed by atoms with Crippen LogP contribution in [0.15, 0.2) is 23.3 Å². The molecule has 0 aromatic carbocycles. The van der Waals surface area contributed by atoms with Crippen LogP contribution >= 0.6 is 0 Å². The van der Waals surface area contributed by atoms with Gasteiger partial charge in [0.2, 0.25) is 0 Å². The molecular weight excluding hydrogens is 326 g/mol. The van der Waals surface area contributed by atoms with Crippen molar-refractivity contribution < 1.29 is 0 Å². The topological polar surface area (TPSA) is 63.9 Å². The number of rotatable bonds is 4. The SMILES string of the molecule is O=c1cc(C2CC2)ncn1CC1CCN(c2cc3c(nn2)CCC3)CC1. The molecule has 0 amide bonds. The van der Waals surface area contributed by atoms with E-state index >= 15 is 0 Å². The number of aryl methyl sites for hydroxylation is 2. The summed E-state index contributed by atoms with van der Waals surface area (Å²) in [6, 6.07) is 3.98. The molecule has 0 radical (unpaired) electrons. The Morgan fingerprint density at radius 3 is 2.65 bits per heavy atom.